The minimum atomic E-state index is 0.372. The molecule has 1 heteroatoms. The van der Waals surface area contributed by atoms with E-state index < -0.39 is 0 Å². The lowest BCUT2D eigenvalue weighted by Gasteiger charge is -2.41. The first kappa shape index (κ1) is 9.51. The molecular weight excluding hydrogens is 160 g/mol. The average molecular weight is 182 g/mol. The van der Waals surface area contributed by atoms with E-state index in [1.54, 1.807) is 0 Å². The molecule has 0 aromatic heterocycles. The Kier molecular flexibility index (Phi) is 2.18. The zero-order valence-electron chi connectivity index (χ0n) is 9.09. The van der Waals surface area contributed by atoms with E-state index >= 15 is 0 Å². The second-order valence-electron chi connectivity index (χ2n) is 5.78. The monoisotopic (exact) mass is 182 g/mol. The summed E-state index contributed by atoms with van der Waals surface area (Å²) in [5.41, 5.74) is 0.491. The van der Waals surface area contributed by atoms with E-state index in [1.165, 1.54) is 19.3 Å². The highest BCUT2D eigenvalue weighted by atomic mass is 16.3. The summed E-state index contributed by atoms with van der Waals surface area (Å²) in [5, 5.41) is 9.26. The molecule has 0 aromatic rings. The SMILES string of the molecule is CC(CO)C1C2CCC(C2)C1(C)C. The van der Waals surface area contributed by atoms with Crippen LogP contribution in [0.3, 0.4) is 0 Å². The van der Waals surface area contributed by atoms with Gasteiger partial charge in [-0.1, -0.05) is 20.8 Å². The van der Waals surface area contributed by atoms with E-state index in [4.69, 9.17) is 0 Å². The van der Waals surface area contributed by atoms with Crippen LogP contribution in [0, 0.1) is 29.1 Å². The molecule has 1 nitrogen and oxygen atoms in total. The van der Waals surface area contributed by atoms with Crippen molar-refractivity contribution in [1.29, 1.82) is 0 Å². The van der Waals surface area contributed by atoms with Crippen molar-refractivity contribution in [1.82, 2.24) is 0 Å². The Bertz CT molecular complexity index is 197. The summed E-state index contributed by atoms with van der Waals surface area (Å²) >= 11 is 0. The largest absolute Gasteiger partial charge is 0.396 e. The molecule has 0 aliphatic heterocycles. The molecule has 13 heavy (non-hydrogen) atoms. The Balaban J connectivity index is 2.18. The number of rotatable bonds is 2. The topological polar surface area (TPSA) is 20.2 Å². The fourth-order valence-corrected chi connectivity index (χ4v) is 4.21. The van der Waals surface area contributed by atoms with Gasteiger partial charge in [-0.25, -0.2) is 0 Å². The first-order valence-electron chi connectivity index (χ1n) is 5.68. The summed E-state index contributed by atoms with van der Waals surface area (Å²) < 4.78 is 0. The molecule has 2 fully saturated rings. The molecule has 0 radical (unpaired) electrons. The van der Waals surface area contributed by atoms with Gasteiger partial charge in [0.25, 0.3) is 0 Å². The summed E-state index contributed by atoms with van der Waals surface area (Å²) in [6.07, 6.45) is 4.29. The summed E-state index contributed by atoms with van der Waals surface area (Å²) in [6, 6.07) is 0. The molecule has 76 valence electrons. The zero-order valence-corrected chi connectivity index (χ0v) is 9.09. The third kappa shape index (κ3) is 1.24. The van der Waals surface area contributed by atoms with Crippen LogP contribution < -0.4 is 0 Å². The summed E-state index contributed by atoms with van der Waals surface area (Å²) in [7, 11) is 0. The molecule has 0 amide bonds. The Hall–Kier alpha value is -0.0400. The van der Waals surface area contributed by atoms with Crippen LogP contribution in [0.4, 0.5) is 0 Å². The third-order valence-electron chi connectivity index (χ3n) is 4.79. The zero-order chi connectivity index (χ0) is 9.64. The second kappa shape index (κ2) is 2.98. The number of fused-ring (bicyclic) bond motifs is 2. The van der Waals surface area contributed by atoms with Crippen molar-refractivity contribution in [3.05, 3.63) is 0 Å². The molecule has 2 bridgehead atoms. The normalized spacial score (nSPS) is 43.8. The molecular formula is C12H22O. The van der Waals surface area contributed by atoms with Gasteiger partial charge in [-0.3, -0.25) is 0 Å². The van der Waals surface area contributed by atoms with Crippen molar-refractivity contribution >= 4 is 0 Å². The molecule has 1 N–H and O–H groups in total. The minimum Gasteiger partial charge on any atom is -0.396 e. The molecule has 2 saturated carbocycles. The van der Waals surface area contributed by atoms with Crippen LogP contribution in [0.15, 0.2) is 0 Å². The van der Waals surface area contributed by atoms with Gasteiger partial charge in [-0.15, -0.1) is 0 Å². The fourth-order valence-electron chi connectivity index (χ4n) is 4.21. The smallest absolute Gasteiger partial charge is 0.0459 e. The maximum atomic E-state index is 9.26. The predicted molar refractivity (Wildman–Crippen MR) is 54.4 cm³/mol. The number of hydrogen-bond donors (Lipinski definition) is 1. The molecule has 0 saturated heterocycles. The fraction of sp³-hybridized carbons (Fsp3) is 1.00. The van der Waals surface area contributed by atoms with Gasteiger partial charge in [0.1, 0.15) is 0 Å². The second-order valence-corrected chi connectivity index (χ2v) is 5.78. The van der Waals surface area contributed by atoms with Crippen LogP contribution in [-0.2, 0) is 0 Å². The van der Waals surface area contributed by atoms with Gasteiger partial charge in [0.05, 0.1) is 0 Å². The van der Waals surface area contributed by atoms with E-state index in [-0.39, 0.29) is 0 Å². The van der Waals surface area contributed by atoms with Crippen molar-refractivity contribution in [2.24, 2.45) is 29.1 Å². The maximum absolute atomic E-state index is 9.26. The van der Waals surface area contributed by atoms with Crippen LogP contribution in [0.5, 0.6) is 0 Å². The van der Waals surface area contributed by atoms with E-state index in [0.717, 1.165) is 17.8 Å². The van der Waals surface area contributed by atoms with Crippen LogP contribution in [-0.4, -0.2) is 11.7 Å². The molecule has 2 rings (SSSR count). The predicted octanol–water partition coefficient (Wildman–Crippen LogP) is 2.69. The molecule has 4 atom stereocenters. The molecule has 0 spiro atoms. The van der Waals surface area contributed by atoms with Gasteiger partial charge in [-0.05, 0) is 48.3 Å². The lowest BCUT2D eigenvalue weighted by atomic mass is 9.64. The van der Waals surface area contributed by atoms with E-state index in [1.807, 2.05) is 0 Å². The van der Waals surface area contributed by atoms with Gasteiger partial charge in [-0.2, -0.15) is 0 Å². The average Bonchev–Trinajstić information content (AvgIpc) is 2.60. The van der Waals surface area contributed by atoms with Gasteiger partial charge in [0.15, 0.2) is 0 Å². The quantitative estimate of drug-likeness (QED) is 0.696. The van der Waals surface area contributed by atoms with Gasteiger partial charge < -0.3 is 5.11 Å². The molecule has 4 unspecified atom stereocenters. The van der Waals surface area contributed by atoms with Crippen molar-refractivity contribution in [2.45, 2.75) is 40.0 Å². The highest BCUT2D eigenvalue weighted by Gasteiger charge is 2.53. The third-order valence-corrected chi connectivity index (χ3v) is 4.79. The molecule has 0 aromatic carbocycles. The van der Waals surface area contributed by atoms with Crippen LogP contribution in [0.2, 0.25) is 0 Å². The van der Waals surface area contributed by atoms with E-state index in [2.05, 4.69) is 20.8 Å². The summed E-state index contributed by atoms with van der Waals surface area (Å²) in [6.45, 7) is 7.41. The first-order valence-corrected chi connectivity index (χ1v) is 5.68. The van der Waals surface area contributed by atoms with Crippen molar-refractivity contribution in [2.75, 3.05) is 6.61 Å². The number of hydrogen-bond acceptors (Lipinski definition) is 1. The van der Waals surface area contributed by atoms with Crippen LogP contribution in [0.1, 0.15) is 40.0 Å². The molecule has 2 aliphatic carbocycles. The molecule has 0 heterocycles. The highest BCUT2D eigenvalue weighted by molar-refractivity contribution is 5.02. The van der Waals surface area contributed by atoms with Crippen molar-refractivity contribution < 1.29 is 5.11 Å². The van der Waals surface area contributed by atoms with E-state index in [0.29, 0.717) is 17.9 Å². The maximum Gasteiger partial charge on any atom is 0.0459 e. The highest BCUT2D eigenvalue weighted by Crippen LogP contribution is 2.61. The Morgan fingerprint density at radius 3 is 2.54 bits per heavy atom. The standard InChI is InChI=1S/C12H22O/c1-8(7-13)11-9-4-5-10(6-9)12(11,2)3/h8-11,13H,4-7H2,1-3H3. The lowest BCUT2D eigenvalue weighted by Crippen LogP contribution is -2.36. The summed E-state index contributed by atoms with van der Waals surface area (Å²) in [4.78, 5) is 0. The van der Waals surface area contributed by atoms with Crippen molar-refractivity contribution in [3.63, 3.8) is 0 Å². The Morgan fingerprint density at radius 2 is 2.08 bits per heavy atom. The number of aliphatic hydroxyl groups is 1. The Morgan fingerprint density at radius 1 is 1.38 bits per heavy atom. The molecule has 2 aliphatic rings. The minimum absolute atomic E-state index is 0.372. The van der Waals surface area contributed by atoms with Crippen molar-refractivity contribution in [3.8, 4) is 0 Å². The van der Waals surface area contributed by atoms with Crippen LogP contribution >= 0.6 is 0 Å². The van der Waals surface area contributed by atoms with Gasteiger partial charge >= 0.3 is 0 Å². The lowest BCUT2D eigenvalue weighted by molar-refractivity contribution is 0.0473. The summed E-state index contributed by atoms with van der Waals surface area (Å²) in [5.74, 6) is 3.14. The van der Waals surface area contributed by atoms with Crippen LogP contribution in [0.25, 0.3) is 0 Å². The van der Waals surface area contributed by atoms with Gasteiger partial charge in [0, 0.05) is 6.61 Å². The Labute approximate surface area is 81.5 Å². The first-order chi connectivity index (χ1) is 6.07. The number of aliphatic hydroxyl groups excluding tert-OH is 1. The van der Waals surface area contributed by atoms with Gasteiger partial charge in [0.2, 0.25) is 0 Å². The van der Waals surface area contributed by atoms with E-state index in [9.17, 15) is 5.11 Å².